The van der Waals surface area contributed by atoms with E-state index in [2.05, 4.69) is 12.2 Å². The van der Waals surface area contributed by atoms with Crippen LogP contribution in [0, 0.1) is 0 Å². The van der Waals surface area contributed by atoms with E-state index in [9.17, 15) is 9.59 Å². The minimum atomic E-state index is -0.237. The summed E-state index contributed by atoms with van der Waals surface area (Å²) < 4.78 is 2.96. The van der Waals surface area contributed by atoms with Gasteiger partial charge in [-0.1, -0.05) is 13.3 Å². The second kappa shape index (κ2) is 6.42. The summed E-state index contributed by atoms with van der Waals surface area (Å²) in [6.45, 7) is 9.06. The van der Waals surface area contributed by atoms with Gasteiger partial charge >= 0.3 is 5.69 Å². The molecule has 0 amide bonds. The number of nitrogens with zero attached hydrogens (tertiary/aromatic N) is 2. The molecule has 1 heterocycles. The number of unbranched alkanes of at least 4 members (excludes halogenated alkanes) is 1. The second-order valence-corrected chi connectivity index (χ2v) is 4.65. The van der Waals surface area contributed by atoms with E-state index in [-0.39, 0.29) is 17.3 Å². The molecule has 0 atom stereocenters. The standard InChI is InChI=1S/C13H23N3O2/c1-5-7-8-15-11(14-6-2)9-12(17)16(10(3)4)13(15)18/h9-10,14H,5-8H2,1-4H3. The quantitative estimate of drug-likeness (QED) is 0.841. The number of hydrogen-bond acceptors (Lipinski definition) is 3. The Kier molecular flexibility index (Phi) is 5.19. The van der Waals surface area contributed by atoms with Crippen LogP contribution in [-0.4, -0.2) is 15.7 Å². The third kappa shape index (κ3) is 3.03. The molecule has 0 spiro atoms. The van der Waals surface area contributed by atoms with Crippen molar-refractivity contribution in [2.75, 3.05) is 11.9 Å². The van der Waals surface area contributed by atoms with E-state index in [0.29, 0.717) is 18.9 Å². The molecule has 0 fully saturated rings. The van der Waals surface area contributed by atoms with Crippen LogP contribution in [0.3, 0.4) is 0 Å². The van der Waals surface area contributed by atoms with Crippen LogP contribution in [0.15, 0.2) is 15.7 Å². The third-order valence-electron chi connectivity index (χ3n) is 2.83. The van der Waals surface area contributed by atoms with Crippen molar-refractivity contribution in [2.24, 2.45) is 0 Å². The first-order chi connectivity index (χ1) is 8.52. The monoisotopic (exact) mass is 253 g/mol. The van der Waals surface area contributed by atoms with Crippen LogP contribution >= 0.6 is 0 Å². The zero-order valence-electron chi connectivity index (χ0n) is 11.7. The van der Waals surface area contributed by atoms with Crippen molar-refractivity contribution >= 4 is 5.82 Å². The van der Waals surface area contributed by atoms with Crippen LogP contribution in [-0.2, 0) is 6.54 Å². The van der Waals surface area contributed by atoms with E-state index >= 15 is 0 Å². The van der Waals surface area contributed by atoms with Crippen molar-refractivity contribution in [1.82, 2.24) is 9.13 Å². The Balaban J connectivity index is 3.37. The lowest BCUT2D eigenvalue weighted by Gasteiger charge is -2.17. The van der Waals surface area contributed by atoms with Crippen LogP contribution in [0.4, 0.5) is 5.82 Å². The fourth-order valence-corrected chi connectivity index (χ4v) is 1.93. The van der Waals surface area contributed by atoms with E-state index < -0.39 is 0 Å². The Bertz CT molecular complexity index is 500. The van der Waals surface area contributed by atoms with E-state index in [0.717, 1.165) is 12.8 Å². The summed E-state index contributed by atoms with van der Waals surface area (Å²) in [4.78, 5) is 24.2. The molecule has 0 radical (unpaired) electrons. The van der Waals surface area contributed by atoms with Gasteiger partial charge in [-0.3, -0.25) is 13.9 Å². The molecule has 1 N–H and O–H groups in total. The smallest absolute Gasteiger partial charge is 0.332 e. The molecule has 18 heavy (non-hydrogen) atoms. The van der Waals surface area contributed by atoms with Crippen molar-refractivity contribution in [1.29, 1.82) is 0 Å². The van der Waals surface area contributed by atoms with Crippen molar-refractivity contribution in [2.45, 2.75) is 53.1 Å². The molecule has 0 unspecified atom stereocenters. The lowest BCUT2D eigenvalue weighted by atomic mass is 10.3. The average Bonchev–Trinajstić information content (AvgIpc) is 2.28. The normalized spacial score (nSPS) is 10.9. The van der Waals surface area contributed by atoms with Crippen molar-refractivity contribution < 1.29 is 0 Å². The minimum absolute atomic E-state index is 0.117. The first kappa shape index (κ1) is 14.5. The molecule has 0 aromatic carbocycles. The number of anilines is 1. The predicted molar refractivity (Wildman–Crippen MR) is 74.4 cm³/mol. The summed E-state index contributed by atoms with van der Waals surface area (Å²) in [6, 6.07) is 1.40. The largest absolute Gasteiger partial charge is 0.371 e. The maximum atomic E-state index is 12.3. The van der Waals surface area contributed by atoms with Gasteiger partial charge < -0.3 is 5.32 Å². The van der Waals surface area contributed by atoms with Gasteiger partial charge in [0.1, 0.15) is 5.82 Å². The maximum absolute atomic E-state index is 12.3. The van der Waals surface area contributed by atoms with Gasteiger partial charge in [0.15, 0.2) is 0 Å². The predicted octanol–water partition coefficient (Wildman–Crippen LogP) is 1.82. The summed E-state index contributed by atoms with van der Waals surface area (Å²) >= 11 is 0. The zero-order chi connectivity index (χ0) is 13.7. The molecule has 0 saturated carbocycles. The molecule has 102 valence electrons. The number of hydrogen-bond donors (Lipinski definition) is 1. The highest BCUT2D eigenvalue weighted by Crippen LogP contribution is 2.05. The van der Waals surface area contributed by atoms with E-state index in [1.807, 2.05) is 20.8 Å². The molecular weight excluding hydrogens is 230 g/mol. The van der Waals surface area contributed by atoms with Gasteiger partial charge in [-0.2, -0.15) is 0 Å². The Morgan fingerprint density at radius 2 is 1.94 bits per heavy atom. The van der Waals surface area contributed by atoms with Crippen LogP contribution in [0.5, 0.6) is 0 Å². The van der Waals surface area contributed by atoms with Crippen LogP contribution < -0.4 is 16.6 Å². The third-order valence-corrected chi connectivity index (χ3v) is 2.83. The molecule has 5 heteroatoms. The first-order valence-electron chi connectivity index (χ1n) is 6.63. The van der Waals surface area contributed by atoms with Gasteiger partial charge in [0, 0.05) is 25.2 Å². The summed E-state index contributed by atoms with van der Waals surface area (Å²) in [6.07, 6.45) is 1.94. The Morgan fingerprint density at radius 3 is 2.44 bits per heavy atom. The highest BCUT2D eigenvalue weighted by molar-refractivity contribution is 5.33. The molecular formula is C13H23N3O2. The van der Waals surface area contributed by atoms with Crippen molar-refractivity contribution in [3.8, 4) is 0 Å². The molecule has 0 aliphatic rings. The van der Waals surface area contributed by atoms with Crippen LogP contribution in [0.25, 0.3) is 0 Å². The number of nitrogens with one attached hydrogen (secondary N) is 1. The van der Waals surface area contributed by atoms with Crippen LogP contribution in [0.1, 0.15) is 46.6 Å². The van der Waals surface area contributed by atoms with Gasteiger partial charge in [0.25, 0.3) is 5.56 Å². The molecule has 0 aliphatic carbocycles. The molecule has 1 aromatic heterocycles. The molecule has 1 aromatic rings. The fourth-order valence-electron chi connectivity index (χ4n) is 1.93. The van der Waals surface area contributed by atoms with Crippen molar-refractivity contribution in [3.05, 3.63) is 26.9 Å². The molecule has 0 bridgehead atoms. The topological polar surface area (TPSA) is 56.0 Å². The molecule has 1 rings (SSSR count). The van der Waals surface area contributed by atoms with E-state index in [1.54, 1.807) is 4.57 Å². The molecule has 5 nitrogen and oxygen atoms in total. The lowest BCUT2D eigenvalue weighted by molar-refractivity contribution is 0.494. The minimum Gasteiger partial charge on any atom is -0.371 e. The van der Waals surface area contributed by atoms with E-state index in [4.69, 9.17) is 0 Å². The van der Waals surface area contributed by atoms with Crippen molar-refractivity contribution in [3.63, 3.8) is 0 Å². The Hall–Kier alpha value is -1.52. The van der Waals surface area contributed by atoms with Gasteiger partial charge in [-0.05, 0) is 27.2 Å². The van der Waals surface area contributed by atoms with Gasteiger partial charge in [0.2, 0.25) is 0 Å². The summed E-state index contributed by atoms with van der Waals surface area (Å²) in [5.74, 6) is 0.623. The SMILES string of the molecule is CCCCn1c(NCC)cc(=O)n(C(C)C)c1=O. The number of rotatable bonds is 6. The Morgan fingerprint density at radius 1 is 1.28 bits per heavy atom. The first-order valence-corrected chi connectivity index (χ1v) is 6.63. The summed E-state index contributed by atoms with van der Waals surface area (Å²) in [5.41, 5.74) is -0.458. The van der Waals surface area contributed by atoms with Gasteiger partial charge in [-0.25, -0.2) is 4.79 Å². The second-order valence-electron chi connectivity index (χ2n) is 4.65. The van der Waals surface area contributed by atoms with Gasteiger partial charge in [0.05, 0.1) is 0 Å². The van der Waals surface area contributed by atoms with Crippen LogP contribution in [0.2, 0.25) is 0 Å². The fraction of sp³-hybridized carbons (Fsp3) is 0.692. The zero-order valence-corrected chi connectivity index (χ0v) is 11.7. The molecule has 0 saturated heterocycles. The molecule has 0 aliphatic heterocycles. The average molecular weight is 253 g/mol. The Labute approximate surface area is 107 Å². The lowest BCUT2D eigenvalue weighted by Crippen LogP contribution is -2.41. The summed E-state index contributed by atoms with van der Waals surface area (Å²) in [5, 5.41) is 3.08. The highest BCUT2D eigenvalue weighted by atomic mass is 16.2. The maximum Gasteiger partial charge on any atom is 0.332 e. The van der Waals surface area contributed by atoms with Gasteiger partial charge in [-0.15, -0.1) is 0 Å². The van der Waals surface area contributed by atoms with E-state index in [1.165, 1.54) is 10.6 Å². The number of aromatic nitrogens is 2. The summed E-state index contributed by atoms with van der Waals surface area (Å²) in [7, 11) is 0. The highest BCUT2D eigenvalue weighted by Gasteiger charge is 2.12.